The van der Waals surface area contributed by atoms with Gasteiger partial charge >= 0.3 is 0 Å². The lowest BCUT2D eigenvalue weighted by Crippen LogP contribution is -2.28. The summed E-state index contributed by atoms with van der Waals surface area (Å²) in [6.07, 6.45) is 6.54. The minimum absolute atomic E-state index is 0.335. The largest absolute Gasteiger partial charge is 0.346 e. The molecule has 4 heteroatoms. The smallest absolute Gasteiger partial charge is 0.225 e. The Labute approximate surface area is 137 Å². The molecule has 0 atom stereocenters. The molecule has 1 saturated carbocycles. The number of nitrogens with zero attached hydrogens (tertiary/aromatic N) is 2. The molecule has 23 heavy (non-hydrogen) atoms. The van der Waals surface area contributed by atoms with Crippen molar-refractivity contribution in [2.24, 2.45) is 5.92 Å². The van der Waals surface area contributed by atoms with Crippen molar-refractivity contribution in [1.82, 2.24) is 15.1 Å². The molecule has 122 valence electrons. The number of hydrogen-bond donors (Lipinski definition) is 1. The Kier molecular flexibility index (Phi) is 5.11. The third-order valence-corrected chi connectivity index (χ3v) is 4.44. The highest BCUT2D eigenvalue weighted by atomic mass is 16.2. The molecule has 1 aliphatic carbocycles. The third-order valence-electron chi connectivity index (χ3n) is 4.44. The molecule has 3 rings (SSSR count). The number of benzene rings is 1. The zero-order valence-electron chi connectivity index (χ0n) is 13.8. The van der Waals surface area contributed by atoms with Crippen LogP contribution in [0.25, 0.3) is 11.3 Å². The Hall–Kier alpha value is -2.10. The molecule has 0 spiro atoms. The van der Waals surface area contributed by atoms with Crippen molar-refractivity contribution in [2.45, 2.75) is 38.5 Å². The van der Waals surface area contributed by atoms with E-state index in [2.05, 4.69) is 28.4 Å². The lowest BCUT2D eigenvalue weighted by atomic mass is 10.1. The summed E-state index contributed by atoms with van der Waals surface area (Å²) >= 11 is 0. The van der Waals surface area contributed by atoms with Gasteiger partial charge in [-0.05, 0) is 38.2 Å². The van der Waals surface area contributed by atoms with Crippen molar-refractivity contribution in [3.8, 4) is 11.3 Å². The zero-order chi connectivity index (χ0) is 16.1. The molecule has 0 aliphatic heterocycles. The number of rotatable bonds is 8. The van der Waals surface area contributed by atoms with Gasteiger partial charge in [-0.15, -0.1) is 0 Å². The van der Waals surface area contributed by atoms with Crippen LogP contribution in [-0.2, 0) is 11.2 Å². The normalized spacial score (nSPS) is 14.0. The van der Waals surface area contributed by atoms with Crippen LogP contribution in [-0.4, -0.2) is 34.6 Å². The van der Waals surface area contributed by atoms with Crippen LogP contribution in [0.2, 0.25) is 0 Å². The van der Waals surface area contributed by atoms with Gasteiger partial charge in [0.15, 0.2) is 0 Å². The SMILES string of the molecule is CN(CCCCCc1cc(-c2ccccc2)n[nH]1)C(=O)C1CC1. The summed E-state index contributed by atoms with van der Waals surface area (Å²) in [7, 11) is 1.93. The van der Waals surface area contributed by atoms with Crippen LogP contribution < -0.4 is 0 Å². The predicted molar refractivity (Wildman–Crippen MR) is 91.9 cm³/mol. The van der Waals surface area contributed by atoms with E-state index in [9.17, 15) is 4.79 Å². The Morgan fingerprint density at radius 2 is 2.00 bits per heavy atom. The van der Waals surface area contributed by atoms with E-state index in [1.807, 2.05) is 30.1 Å². The highest BCUT2D eigenvalue weighted by Crippen LogP contribution is 2.30. The Balaban J connectivity index is 1.36. The Bertz CT molecular complexity index is 631. The maximum atomic E-state index is 11.8. The van der Waals surface area contributed by atoms with Crippen molar-refractivity contribution >= 4 is 5.91 Å². The van der Waals surface area contributed by atoms with Crippen LogP contribution in [0.4, 0.5) is 0 Å². The summed E-state index contributed by atoms with van der Waals surface area (Å²) in [4.78, 5) is 13.7. The van der Waals surface area contributed by atoms with Crippen LogP contribution in [0.5, 0.6) is 0 Å². The summed E-state index contributed by atoms with van der Waals surface area (Å²) < 4.78 is 0. The quantitative estimate of drug-likeness (QED) is 0.756. The standard InChI is InChI=1S/C19H25N3O/c1-22(19(23)16-11-12-16)13-7-3-6-10-17-14-18(21-20-17)15-8-4-2-5-9-15/h2,4-5,8-9,14,16H,3,6-7,10-13H2,1H3,(H,20,21). The molecule has 1 heterocycles. The molecular weight excluding hydrogens is 286 g/mol. The fraction of sp³-hybridized carbons (Fsp3) is 0.474. The Morgan fingerprint density at radius 3 is 2.74 bits per heavy atom. The molecule has 1 amide bonds. The monoisotopic (exact) mass is 311 g/mol. The molecule has 2 aromatic rings. The highest BCUT2D eigenvalue weighted by molar-refractivity contribution is 5.80. The second-order valence-electron chi connectivity index (χ2n) is 6.49. The van der Waals surface area contributed by atoms with Crippen molar-refractivity contribution in [3.05, 3.63) is 42.1 Å². The van der Waals surface area contributed by atoms with Gasteiger partial charge in [-0.25, -0.2) is 0 Å². The number of H-pyrrole nitrogens is 1. The van der Waals surface area contributed by atoms with E-state index < -0.39 is 0 Å². The molecule has 0 radical (unpaired) electrons. The first-order valence-corrected chi connectivity index (χ1v) is 8.59. The third kappa shape index (κ3) is 4.44. The summed E-state index contributed by atoms with van der Waals surface area (Å²) in [6, 6.07) is 12.4. The topological polar surface area (TPSA) is 49.0 Å². The van der Waals surface area contributed by atoms with Crippen LogP contribution in [0, 0.1) is 5.92 Å². The highest BCUT2D eigenvalue weighted by Gasteiger charge is 2.31. The van der Waals surface area contributed by atoms with E-state index in [-0.39, 0.29) is 0 Å². The number of amides is 1. The van der Waals surface area contributed by atoms with Gasteiger partial charge in [0.1, 0.15) is 0 Å². The van der Waals surface area contributed by atoms with E-state index >= 15 is 0 Å². The van der Waals surface area contributed by atoms with E-state index in [0.29, 0.717) is 11.8 Å². The first kappa shape index (κ1) is 15.8. The zero-order valence-corrected chi connectivity index (χ0v) is 13.8. The van der Waals surface area contributed by atoms with Crippen LogP contribution in [0.1, 0.15) is 37.8 Å². The number of carbonyl (C=O) groups is 1. The average Bonchev–Trinajstić information content (AvgIpc) is 3.33. The van der Waals surface area contributed by atoms with Crippen molar-refractivity contribution < 1.29 is 4.79 Å². The summed E-state index contributed by atoms with van der Waals surface area (Å²) in [5.41, 5.74) is 3.34. The average molecular weight is 311 g/mol. The second-order valence-corrected chi connectivity index (χ2v) is 6.49. The summed E-state index contributed by atoms with van der Waals surface area (Å²) in [5, 5.41) is 7.52. The van der Waals surface area contributed by atoms with Crippen molar-refractivity contribution in [1.29, 1.82) is 0 Å². The minimum Gasteiger partial charge on any atom is -0.346 e. The second kappa shape index (κ2) is 7.44. The van der Waals surface area contributed by atoms with Gasteiger partial charge in [-0.3, -0.25) is 9.89 Å². The van der Waals surface area contributed by atoms with Crippen LogP contribution >= 0.6 is 0 Å². The van der Waals surface area contributed by atoms with Gasteiger partial charge in [0, 0.05) is 30.8 Å². The van der Waals surface area contributed by atoms with E-state index in [1.54, 1.807) is 0 Å². The number of aromatic nitrogens is 2. The maximum Gasteiger partial charge on any atom is 0.225 e. The maximum absolute atomic E-state index is 11.8. The molecule has 1 aromatic heterocycles. The van der Waals surface area contributed by atoms with Gasteiger partial charge < -0.3 is 4.90 Å². The van der Waals surface area contributed by atoms with Gasteiger partial charge in [-0.1, -0.05) is 36.8 Å². The first-order chi connectivity index (χ1) is 11.2. The van der Waals surface area contributed by atoms with Crippen molar-refractivity contribution in [2.75, 3.05) is 13.6 Å². The number of nitrogens with one attached hydrogen (secondary N) is 1. The van der Waals surface area contributed by atoms with Crippen LogP contribution in [0.15, 0.2) is 36.4 Å². The molecule has 4 nitrogen and oxygen atoms in total. The lowest BCUT2D eigenvalue weighted by molar-refractivity contribution is -0.131. The van der Waals surface area contributed by atoms with Gasteiger partial charge in [0.25, 0.3) is 0 Å². The number of aryl methyl sites for hydroxylation is 1. The molecule has 0 unspecified atom stereocenters. The molecule has 1 N–H and O–H groups in total. The molecule has 0 bridgehead atoms. The lowest BCUT2D eigenvalue weighted by Gasteiger charge is -2.16. The van der Waals surface area contributed by atoms with E-state index in [1.165, 1.54) is 5.69 Å². The summed E-state index contributed by atoms with van der Waals surface area (Å²) in [6.45, 7) is 0.883. The Morgan fingerprint density at radius 1 is 1.22 bits per heavy atom. The van der Waals surface area contributed by atoms with Gasteiger partial charge in [-0.2, -0.15) is 5.10 Å². The number of carbonyl (C=O) groups excluding carboxylic acids is 1. The molecule has 1 aliphatic rings. The number of hydrogen-bond acceptors (Lipinski definition) is 2. The van der Waals surface area contributed by atoms with E-state index in [0.717, 1.165) is 56.3 Å². The molecule has 0 saturated heterocycles. The molecule has 1 fully saturated rings. The molecular formula is C19H25N3O. The fourth-order valence-corrected chi connectivity index (χ4v) is 2.84. The predicted octanol–water partition coefficient (Wildman–Crippen LogP) is 3.66. The first-order valence-electron chi connectivity index (χ1n) is 8.59. The van der Waals surface area contributed by atoms with Gasteiger partial charge in [0.2, 0.25) is 5.91 Å². The summed E-state index contributed by atoms with van der Waals surface area (Å²) in [5.74, 6) is 0.674. The van der Waals surface area contributed by atoms with Gasteiger partial charge in [0.05, 0.1) is 5.69 Å². The van der Waals surface area contributed by atoms with Crippen molar-refractivity contribution in [3.63, 3.8) is 0 Å². The minimum atomic E-state index is 0.335. The van der Waals surface area contributed by atoms with E-state index in [4.69, 9.17) is 0 Å². The number of unbranched alkanes of at least 4 members (excludes halogenated alkanes) is 2. The number of aromatic amines is 1. The van der Waals surface area contributed by atoms with Crippen LogP contribution in [0.3, 0.4) is 0 Å². The molecule has 1 aromatic carbocycles. The fourth-order valence-electron chi connectivity index (χ4n) is 2.84.